The van der Waals surface area contributed by atoms with Crippen LogP contribution in [-0.4, -0.2) is 4.57 Å². The SMILES string of the molecule is C=Cn1c(CC)cc2ccc(C(C)(C)C)cc21. The molecule has 1 aromatic carbocycles. The molecular weight excluding hydrogens is 206 g/mol. The molecule has 0 N–H and O–H groups in total. The van der Waals surface area contributed by atoms with Crippen LogP contribution in [0.1, 0.15) is 39.0 Å². The van der Waals surface area contributed by atoms with Crippen LogP contribution in [-0.2, 0) is 11.8 Å². The molecule has 0 unspecified atom stereocenters. The van der Waals surface area contributed by atoms with Gasteiger partial charge in [0, 0.05) is 17.3 Å². The Morgan fingerprint density at radius 1 is 1.24 bits per heavy atom. The van der Waals surface area contributed by atoms with Gasteiger partial charge in [0.25, 0.3) is 0 Å². The molecule has 1 nitrogen and oxygen atoms in total. The van der Waals surface area contributed by atoms with Gasteiger partial charge in [-0.05, 0) is 29.5 Å². The van der Waals surface area contributed by atoms with Gasteiger partial charge in [0.15, 0.2) is 0 Å². The molecule has 2 rings (SSSR count). The predicted molar refractivity (Wildman–Crippen MR) is 76.4 cm³/mol. The lowest BCUT2D eigenvalue weighted by atomic mass is 9.87. The first kappa shape index (κ1) is 12.0. The normalized spacial score (nSPS) is 12.0. The van der Waals surface area contributed by atoms with Crippen molar-refractivity contribution < 1.29 is 0 Å². The standard InChI is InChI=1S/C16H21N/c1-6-14-10-12-8-9-13(16(3,4)5)11-15(12)17(14)7-2/h7-11H,2,6H2,1,3-5H3. The van der Waals surface area contributed by atoms with Gasteiger partial charge in [-0.15, -0.1) is 0 Å². The number of rotatable bonds is 2. The van der Waals surface area contributed by atoms with Gasteiger partial charge in [0.05, 0.1) is 5.52 Å². The number of fused-ring (bicyclic) bond motifs is 1. The van der Waals surface area contributed by atoms with Crippen molar-refractivity contribution in [2.24, 2.45) is 0 Å². The molecule has 0 aliphatic carbocycles. The Balaban J connectivity index is 2.71. The Morgan fingerprint density at radius 2 is 1.94 bits per heavy atom. The molecule has 0 aliphatic heterocycles. The molecule has 1 aromatic heterocycles. The average molecular weight is 227 g/mol. The quantitative estimate of drug-likeness (QED) is 0.706. The highest BCUT2D eigenvalue weighted by Gasteiger charge is 2.15. The van der Waals surface area contributed by atoms with Crippen LogP contribution in [0.3, 0.4) is 0 Å². The van der Waals surface area contributed by atoms with E-state index in [9.17, 15) is 0 Å². The Kier molecular flexibility index (Phi) is 2.86. The second-order valence-electron chi connectivity index (χ2n) is 5.57. The molecule has 1 heterocycles. The van der Waals surface area contributed by atoms with Crippen LogP contribution in [0.25, 0.3) is 17.1 Å². The van der Waals surface area contributed by atoms with Gasteiger partial charge in [0.1, 0.15) is 0 Å². The van der Waals surface area contributed by atoms with Gasteiger partial charge in [-0.2, -0.15) is 0 Å². The maximum Gasteiger partial charge on any atom is 0.0527 e. The average Bonchev–Trinajstić information content (AvgIpc) is 2.64. The van der Waals surface area contributed by atoms with Gasteiger partial charge < -0.3 is 4.57 Å². The first-order valence-corrected chi connectivity index (χ1v) is 6.24. The fourth-order valence-electron chi connectivity index (χ4n) is 2.23. The zero-order chi connectivity index (χ0) is 12.6. The van der Waals surface area contributed by atoms with Crippen molar-refractivity contribution in [2.45, 2.75) is 39.5 Å². The summed E-state index contributed by atoms with van der Waals surface area (Å²) in [5, 5.41) is 1.30. The van der Waals surface area contributed by atoms with E-state index in [0.717, 1.165) is 6.42 Å². The lowest BCUT2D eigenvalue weighted by Gasteiger charge is -2.19. The third-order valence-electron chi connectivity index (χ3n) is 3.33. The van der Waals surface area contributed by atoms with Gasteiger partial charge >= 0.3 is 0 Å². The van der Waals surface area contributed by atoms with Gasteiger partial charge in [0.2, 0.25) is 0 Å². The van der Waals surface area contributed by atoms with Crippen molar-refractivity contribution in [3.05, 3.63) is 42.1 Å². The number of aromatic nitrogens is 1. The van der Waals surface area contributed by atoms with Crippen molar-refractivity contribution in [3.63, 3.8) is 0 Å². The molecule has 0 fully saturated rings. The molecule has 0 atom stereocenters. The molecule has 0 bridgehead atoms. The topological polar surface area (TPSA) is 4.93 Å². The highest BCUT2D eigenvalue weighted by molar-refractivity contribution is 5.84. The number of aryl methyl sites for hydroxylation is 1. The molecule has 0 saturated carbocycles. The highest BCUT2D eigenvalue weighted by Crippen LogP contribution is 2.28. The van der Waals surface area contributed by atoms with Crippen LogP contribution in [0, 0.1) is 0 Å². The summed E-state index contributed by atoms with van der Waals surface area (Å²) in [6, 6.07) is 8.99. The van der Waals surface area contributed by atoms with Crippen molar-refractivity contribution in [1.82, 2.24) is 4.57 Å². The van der Waals surface area contributed by atoms with E-state index in [2.05, 4.69) is 63.1 Å². The number of benzene rings is 1. The van der Waals surface area contributed by atoms with E-state index in [1.165, 1.54) is 22.2 Å². The first-order chi connectivity index (χ1) is 7.97. The smallest absolute Gasteiger partial charge is 0.0527 e. The Labute approximate surface area is 104 Å². The second-order valence-corrected chi connectivity index (χ2v) is 5.57. The Bertz CT molecular complexity index is 553. The minimum absolute atomic E-state index is 0.191. The third-order valence-corrected chi connectivity index (χ3v) is 3.33. The summed E-state index contributed by atoms with van der Waals surface area (Å²) in [5.41, 5.74) is 4.15. The largest absolute Gasteiger partial charge is 0.321 e. The minimum Gasteiger partial charge on any atom is -0.321 e. The van der Waals surface area contributed by atoms with Crippen molar-refractivity contribution in [3.8, 4) is 0 Å². The van der Waals surface area contributed by atoms with E-state index >= 15 is 0 Å². The summed E-state index contributed by atoms with van der Waals surface area (Å²) in [6.45, 7) is 12.8. The summed E-state index contributed by atoms with van der Waals surface area (Å²) in [5.74, 6) is 0. The molecule has 0 amide bonds. The van der Waals surface area contributed by atoms with E-state index in [4.69, 9.17) is 0 Å². The maximum atomic E-state index is 3.92. The zero-order valence-electron chi connectivity index (χ0n) is 11.2. The van der Waals surface area contributed by atoms with E-state index < -0.39 is 0 Å². The highest BCUT2D eigenvalue weighted by atomic mass is 15.0. The van der Waals surface area contributed by atoms with Gasteiger partial charge in [-0.3, -0.25) is 0 Å². The van der Waals surface area contributed by atoms with E-state index in [1.807, 2.05) is 6.20 Å². The summed E-state index contributed by atoms with van der Waals surface area (Å²) in [7, 11) is 0. The predicted octanol–water partition coefficient (Wildman–Crippen LogP) is 4.60. The summed E-state index contributed by atoms with van der Waals surface area (Å²) >= 11 is 0. The summed E-state index contributed by atoms with van der Waals surface area (Å²) < 4.78 is 2.20. The van der Waals surface area contributed by atoms with E-state index in [1.54, 1.807) is 0 Å². The molecule has 0 radical (unpaired) electrons. The second kappa shape index (κ2) is 4.06. The number of hydrogen-bond acceptors (Lipinski definition) is 0. The summed E-state index contributed by atoms with van der Waals surface area (Å²) in [6.07, 6.45) is 2.94. The van der Waals surface area contributed by atoms with Crippen LogP contribution in [0.2, 0.25) is 0 Å². The zero-order valence-corrected chi connectivity index (χ0v) is 11.2. The summed E-state index contributed by atoms with van der Waals surface area (Å²) in [4.78, 5) is 0. The fraction of sp³-hybridized carbons (Fsp3) is 0.375. The van der Waals surface area contributed by atoms with Crippen LogP contribution in [0.4, 0.5) is 0 Å². The first-order valence-electron chi connectivity index (χ1n) is 6.24. The van der Waals surface area contributed by atoms with Crippen LogP contribution in [0.15, 0.2) is 30.8 Å². The Morgan fingerprint density at radius 3 is 2.47 bits per heavy atom. The van der Waals surface area contributed by atoms with E-state index in [-0.39, 0.29) is 5.41 Å². The minimum atomic E-state index is 0.191. The molecule has 0 spiro atoms. The van der Waals surface area contributed by atoms with E-state index in [0.29, 0.717) is 0 Å². The van der Waals surface area contributed by atoms with Crippen molar-refractivity contribution in [1.29, 1.82) is 0 Å². The Hall–Kier alpha value is -1.50. The van der Waals surface area contributed by atoms with Crippen LogP contribution in [0.5, 0.6) is 0 Å². The third kappa shape index (κ3) is 2.02. The van der Waals surface area contributed by atoms with Gasteiger partial charge in [-0.25, -0.2) is 0 Å². The van der Waals surface area contributed by atoms with Crippen LogP contribution >= 0.6 is 0 Å². The van der Waals surface area contributed by atoms with Gasteiger partial charge in [-0.1, -0.05) is 46.4 Å². The fourth-order valence-corrected chi connectivity index (χ4v) is 2.23. The number of nitrogens with zero attached hydrogens (tertiary/aromatic N) is 1. The molecular formula is C16H21N. The molecule has 2 aromatic rings. The molecule has 1 heteroatoms. The lowest BCUT2D eigenvalue weighted by Crippen LogP contribution is -2.10. The number of hydrogen-bond donors (Lipinski definition) is 0. The van der Waals surface area contributed by atoms with Crippen molar-refractivity contribution >= 4 is 17.1 Å². The maximum absolute atomic E-state index is 3.92. The molecule has 0 aliphatic rings. The monoisotopic (exact) mass is 227 g/mol. The molecule has 17 heavy (non-hydrogen) atoms. The lowest BCUT2D eigenvalue weighted by molar-refractivity contribution is 0.591. The molecule has 0 saturated heterocycles. The van der Waals surface area contributed by atoms with Crippen LogP contribution < -0.4 is 0 Å². The van der Waals surface area contributed by atoms with Crippen molar-refractivity contribution in [2.75, 3.05) is 0 Å². The molecule has 90 valence electrons.